The van der Waals surface area contributed by atoms with Crippen molar-refractivity contribution in [2.45, 2.75) is 18.6 Å². The van der Waals surface area contributed by atoms with Gasteiger partial charge < -0.3 is 15.1 Å². The van der Waals surface area contributed by atoms with Crippen molar-refractivity contribution in [1.82, 2.24) is 5.32 Å². The molecule has 0 spiro atoms. The lowest BCUT2D eigenvalue weighted by molar-refractivity contribution is -0.122. The lowest BCUT2D eigenvalue weighted by Gasteiger charge is -2.07. The van der Waals surface area contributed by atoms with E-state index < -0.39 is 5.25 Å². The van der Waals surface area contributed by atoms with Crippen LogP contribution in [0.5, 0.6) is 0 Å². The highest BCUT2D eigenvalue weighted by Gasteiger charge is 2.32. The summed E-state index contributed by atoms with van der Waals surface area (Å²) in [5.74, 6) is 0.789. The van der Waals surface area contributed by atoms with Crippen LogP contribution in [-0.2, 0) is 9.59 Å². The van der Waals surface area contributed by atoms with Gasteiger partial charge in [-0.2, -0.15) is 5.10 Å². The van der Waals surface area contributed by atoms with Crippen molar-refractivity contribution in [3.05, 3.63) is 78.1 Å². The number of hydrogen-bond donors (Lipinski definition) is 2. The Balaban J connectivity index is 1.32. The van der Waals surface area contributed by atoms with Crippen LogP contribution >= 0.6 is 11.8 Å². The first-order valence-corrected chi connectivity index (χ1v) is 10.5. The maximum atomic E-state index is 12.2. The van der Waals surface area contributed by atoms with Gasteiger partial charge in [-0.25, -0.2) is 0 Å². The van der Waals surface area contributed by atoms with E-state index in [0.29, 0.717) is 16.6 Å². The van der Waals surface area contributed by atoms with E-state index in [1.807, 2.05) is 67.6 Å². The monoisotopic (exact) mass is 432 g/mol. The third kappa shape index (κ3) is 5.49. The van der Waals surface area contributed by atoms with E-state index in [1.165, 1.54) is 18.0 Å². The molecule has 7 nitrogen and oxygen atoms in total. The molecular weight excluding hydrogens is 412 g/mol. The van der Waals surface area contributed by atoms with E-state index in [1.54, 1.807) is 6.07 Å². The fourth-order valence-electron chi connectivity index (χ4n) is 2.92. The number of thioether (sulfide) groups is 1. The van der Waals surface area contributed by atoms with Gasteiger partial charge in [0, 0.05) is 17.7 Å². The number of hydrogen-bond acceptors (Lipinski definition) is 6. The zero-order valence-electron chi connectivity index (χ0n) is 16.7. The molecule has 0 saturated carbocycles. The van der Waals surface area contributed by atoms with Crippen LogP contribution in [0.3, 0.4) is 0 Å². The van der Waals surface area contributed by atoms with Crippen LogP contribution in [-0.4, -0.2) is 28.4 Å². The molecule has 1 aromatic heterocycles. The minimum atomic E-state index is -0.548. The molecular formula is C23H20N4O3S. The van der Waals surface area contributed by atoms with Gasteiger partial charge in [-0.15, -0.1) is 5.10 Å². The highest BCUT2D eigenvalue weighted by molar-refractivity contribution is 8.15. The first kappa shape index (κ1) is 20.6. The Kier molecular flexibility index (Phi) is 6.28. The summed E-state index contributed by atoms with van der Waals surface area (Å²) < 4.78 is 5.73. The molecule has 1 unspecified atom stereocenters. The van der Waals surface area contributed by atoms with Crippen LogP contribution in [0.4, 0.5) is 5.69 Å². The van der Waals surface area contributed by atoms with Crippen LogP contribution in [0.25, 0.3) is 11.3 Å². The maximum Gasteiger partial charge on any atom is 0.240 e. The number of rotatable bonds is 6. The molecule has 4 rings (SSSR count). The van der Waals surface area contributed by atoms with Gasteiger partial charge in [0.05, 0.1) is 6.21 Å². The fourth-order valence-corrected chi connectivity index (χ4v) is 3.85. The van der Waals surface area contributed by atoms with Crippen LogP contribution in [0.2, 0.25) is 0 Å². The molecule has 0 aliphatic carbocycles. The topological polar surface area (TPSA) is 96.1 Å². The standard InChI is InChI=1S/C23H20N4O3S/c1-15-7-9-17(10-8-15)25-21(28)13-20-22(29)26-23(31-20)27-24-14-18-11-12-19(30-18)16-5-3-2-4-6-16/h2-12,14,20H,13H2,1H3,(H,25,28)(H,26,27,29)/b24-14+. The number of nitrogens with zero attached hydrogens (tertiary/aromatic N) is 2. The average Bonchev–Trinajstić information content (AvgIpc) is 3.37. The number of benzene rings is 2. The molecule has 0 bridgehead atoms. The maximum absolute atomic E-state index is 12.2. The second kappa shape index (κ2) is 9.44. The Morgan fingerprint density at radius 2 is 1.90 bits per heavy atom. The molecule has 1 saturated heterocycles. The first-order valence-electron chi connectivity index (χ1n) is 9.67. The SMILES string of the molecule is Cc1ccc(NC(=O)CC2S/C(=N\N=C\c3ccc(-c4ccccc4)o3)NC2=O)cc1. The number of furan rings is 1. The van der Waals surface area contributed by atoms with Crippen molar-refractivity contribution in [3.8, 4) is 11.3 Å². The number of aryl methyl sites for hydroxylation is 1. The Morgan fingerprint density at radius 3 is 2.68 bits per heavy atom. The number of amides is 2. The highest BCUT2D eigenvalue weighted by Crippen LogP contribution is 2.24. The molecule has 2 aromatic carbocycles. The highest BCUT2D eigenvalue weighted by atomic mass is 32.2. The number of anilines is 1. The van der Waals surface area contributed by atoms with Gasteiger partial charge >= 0.3 is 0 Å². The van der Waals surface area contributed by atoms with Crippen molar-refractivity contribution in [1.29, 1.82) is 0 Å². The molecule has 8 heteroatoms. The summed E-state index contributed by atoms with van der Waals surface area (Å²) in [6, 6.07) is 20.9. The second-order valence-electron chi connectivity index (χ2n) is 6.93. The Hall–Kier alpha value is -3.65. The normalized spacial score (nSPS) is 17.3. The summed E-state index contributed by atoms with van der Waals surface area (Å²) in [5, 5.41) is 13.3. The zero-order valence-corrected chi connectivity index (χ0v) is 17.6. The Morgan fingerprint density at radius 1 is 1.13 bits per heavy atom. The molecule has 1 aliphatic rings. The number of carbonyl (C=O) groups is 2. The zero-order chi connectivity index (χ0) is 21.6. The van der Waals surface area contributed by atoms with Gasteiger partial charge in [-0.1, -0.05) is 59.8 Å². The van der Waals surface area contributed by atoms with Crippen LogP contribution in [0.1, 0.15) is 17.7 Å². The quantitative estimate of drug-likeness (QED) is 0.451. The molecule has 31 heavy (non-hydrogen) atoms. The van der Waals surface area contributed by atoms with Gasteiger partial charge in [0.15, 0.2) is 5.17 Å². The Bertz CT molecular complexity index is 1140. The van der Waals surface area contributed by atoms with E-state index in [0.717, 1.165) is 16.9 Å². The van der Waals surface area contributed by atoms with Crippen molar-refractivity contribution < 1.29 is 14.0 Å². The summed E-state index contributed by atoms with van der Waals surface area (Å²) in [6.07, 6.45) is 1.52. The minimum Gasteiger partial charge on any atom is -0.455 e. The predicted molar refractivity (Wildman–Crippen MR) is 123 cm³/mol. The van der Waals surface area contributed by atoms with Crippen LogP contribution in [0.15, 0.2) is 81.4 Å². The van der Waals surface area contributed by atoms with E-state index in [9.17, 15) is 9.59 Å². The van der Waals surface area contributed by atoms with Crippen molar-refractivity contribution in [3.63, 3.8) is 0 Å². The van der Waals surface area contributed by atoms with E-state index >= 15 is 0 Å². The van der Waals surface area contributed by atoms with E-state index in [-0.39, 0.29) is 18.2 Å². The predicted octanol–water partition coefficient (Wildman–Crippen LogP) is 4.21. The molecule has 2 amide bonds. The molecule has 1 atom stereocenters. The van der Waals surface area contributed by atoms with Gasteiger partial charge in [-0.3, -0.25) is 9.59 Å². The average molecular weight is 433 g/mol. The molecule has 0 radical (unpaired) electrons. The Labute approximate surface area is 183 Å². The summed E-state index contributed by atoms with van der Waals surface area (Å²) in [4.78, 5) is 24.4. The van der Waals surface area contributed by atoms with Crippen molar-refractivity contribution in [2.24, 2.45) is 10.2 Å². The fraction of sp³-hybridized carbons (Fsp3) is 0.130. The van der Waals surface area contributed by atoms with Gasteiger partial charge in [-0.05, 0) is 31.2 Å². The molecule has 1 aliphatic heterocycles. The number of amidine groups is 1. The lowest BCUT2D eigenvalue weighted by atomic mass is 10.2. The smallest absolute Gasteiger partial charge is 0.240 e. The van der Waals surface area contributed by atoms with Crippen LogP contribution in [0, 0.1) is 6.92 Å². The van der Waals surface area contributed by atoms with E-state index in [2.05, 4.69) is 20.8 Å². The summed E-state index contributed by atoms with van der Waals surface area (Å²) >= 11 is 1.18. The lowest BCUT2D eigenvalue weighted by Crippen LogP contribution is -2.28. The van der Waals surface area contributed by atoms with Crippen molar-refractivity contribution in [2.75, 3.05) is 5.32 Å². The summed E-state index contributed by atoms with van der Waals surface area (Å²) in [6.45, 7) is 1.97. The summed E-state index contributed by atoms with van der Waals surface area (Å²) in [5.41, 5.74) is 2.78. The molecule has 1 fully saturated rings. The molecule has 2 N–H and O–H groups in total. The van der Waals surface area contributed by atoms with Crippen LogP contribution < -0.4 is 10.6 Å². The third-order valence-corrected chi connectivity index (χ3v) is 5.57. The number of carbonyl (C=O) groups excluding carboxylic acids is 2. The van der Waals surface area contributed by atoms with Gasteiger partial charge in [0.1, 0.15) is 16.8 Å². The molecule has 3 aromatic rings. The van der Waals surface area contributed by atoms with Crippen molar-refractivity contribution >= 4 is 40.6 Å². The first-order chi connectivity index (χ1) is 15.1. The largest absolute Gasteiger partial charge is 0.455 e. The second-order valence-corrected chi connectivity index (χ2v) is 8.12. The molecule has 2 heterocycles. The van der Waals surface area contributed by atoms with Gasteiger partial charge in [0.2, 0.25) is 11.8 Å². The summed E-state index contributed by atoms with van der Waals surface area (Å²) in [7, 11) is 0. The van der Waals surface area contributed by atoms with E-state index in [4.69, 9.17) is 4.42 Å². The molecule has 156 valence electrons. The third-order valence-electron chi connectivity index (χ3n) is 4.50. The number of nitrogens with one attached hydrogen (secondary N) is 2. The minimum absolute atomic E-state index is 0.0474. The van der Waals surface area contributed by atoms with Gasteiger partial charge in [0.25, 0.3) is 0 Å².